The minimum Gasteiger partial charge on any atom is -0.310 e. The Bertz CT molecular complexity index is 2730. The number of fused-ring (bicyclic) bond motifs is 17. The van der Waals surface area contributed by atoms with Crippen LogP contribution in [0, 0.1) is 0 Å². The van der Waals surface area contributed by atoms with Gasteiger partial charge in [0, 0.05) is 17.1 Å². The standard InChI is InChI=1S/C49H31N/c1-3-16-33(17-4-1)50(34-18-5-2-6-19-34)35-28-30-41-43(31-35)37-21-9-10-24-40(37)46-42-29-27-32-15-7-8-20-36(32)47(42)49(48(41)46)44-25-13-11-22-38(44)39-23-12-14-26-45(39)49/h1-31H. The summed E-state index contributed by atoms with van der Waals surface area (Å²) >= 11 is 0. The predicted molar refractivity (Wildman–Crippen MR) is 210 cm³/mol. The Morgan fingerprint density at radius 1 is 0.320 bits per heavy atom. The average Bonchev–Trinajstić information content (AvgIpc) is 3.67. The van der Waals surface area contributed by atoms with Gasteiger partial charge in [-0.05, 0) is 113 Å². The molecule has 0 heterocycles. The lowest BCUT2D eigenvalue weighted by Crippen LogP contribution is -2.26. The fourth-order valence-corrected chi connectivity index (χ4v) is 9.37. The van der Waals surface area contributed by atoms with Crippen LogP contribution >= 0.6 is 0 Å². The van der Waals surface area contributed by atoms with Gasteiger partial charge in [0.25, 0.3) is 0 Å². The van der Waals surface area contributed by atoms with Crippen LogP contribution in [0.5, 0.6) is 0 Å². The first-order valence-corrected chi connectivity index (χ1v) is 17.5. The van der Waals surface area contributed by atoms with Crippen LogP contribution in [0.4, 0.5) is 17.1 Å². The molecule has 1 spiro atoms. The van der Waals surface area contributed by atoms with E-state index in [1.54, 1.807) is 0 Å². The second-order valence-electron chi connectivity index (χ2n) is 13.6. The first kappa shape index (κ1) is 27.5. The number of anilines is 3. The Hall–Kier alpha value is -6.44. The lowest BCUT2D eigenvalue weighted by atomic mass is 9.68. The van der Waals surface area contributed by atoms with E-state index in [4.69, 9.17) is 0 Å². The summed E-state index contributed by atoms with van der Waals surface area (Å²) in [6.07, 6.45) is 0. The van der Waals surface area contributed by atoms with Crippen LogP contribution < -0.4 is 4.90 Å². The van der Waals surface area contributed by atoms with Gasteiger partial charge in [0.1, 0.15) is 0 Å². The van der Waals surface area contributed by atoms with E-state index in [2.05, 4.69) is 193 Å². The van der Waals surface area contributed by atoms with E-state index < -0.39 is 5.41 Å². The topological polar surface area (TPSA) is 3.24 Å². The van der Waals surface area contributed by atoms with Crippen LogP contribution in [-0.4, -0.2) is 0 Å². The van der Waals surface area contributed by atoms with Crippen molar-refractivity contribution in [1.29, 1.82) is 0 Å². The Labute approximate surface area is 291 Å². The molecule has 0 amide bonds. The molecule has 9 aromatic rings. The van der Waals surface area contributed by atoms with Crippen molar-refractivity contribution >= 4 is 49.4 Å². The lowest BCUT2D eigenvalue weighted by molar-refractivity contribution is 0.809. The number of rotatable bonds is 3. The molecule has 1 heteroatoms. The Balaban J connectivity index is 1.33. The quantitative estimate of drug-likeness (QED) is 0.175. The third-order valence-electron chi connectivity index (χ3n) is 11.2. The van der Waals surface area contributed by atoms with Crippen molar-refractivity contribution in [2.45, 2.75) is 5.41 Å². The van der Waals surface area contributed by atoms with Gasteiger partial charge >= 0.3 is 0 Å². The highest BCUT2D eigenvalue weighted by atomic mass is 15.1. The largest absolute Gasteiger partial charge is 0.310 e. The van der Waals surface area contributed by atoms with Crippen molar-refractivity contribution in [1.82, 2.24) is 0 Å². The Kier molecular flexibility index (Phi) is 5.66. The molecule has 0 aliphatic heterocycles. The Morgan fingerprint density at radius 3 is 1.56 bits per heavy atom. The molecule has 232 valence electrons. The van der Waals surface area contributed by atoms with Gasteiger partial charge in [-0.2, -0.15) is 0 Å². The van der Waals surface area contributed by atoms with Gasteiger partial charge in [0.2, 0.25) is 0 Å². The monoisotopic (exact) mass is 633 g/mol. The summed E-state index contributed by atoms with van der Waals surface area (Å²) in [5, 5.41) is 7.74. The molecule has 0 bridgehead atoms. The number of hydrogen-bond donors (Lipinski definition) is 0. The molecule has 0 saturated carbocycles. The summed E-state index contributed by atoms with van der Waals surface area (Å²) in [4.78, 5) is 2.37. The zero-order valence-electron chi connectivity index (χ0n) is 27.3. The van der Waals surface area contributed by atoms with E-state index >= 15 is 0 Å². The molecule has 2 aliphatic rings. The van der Waals surface area contributed by atoms with Crippen LogP contribution in [0.3, 0.4) is 0 Å². The molecule has 0 atom stereocenters. The molecule has 0 N–H and O–H groups in total. The van der Waals surface area contributed by atoms with Gasteiger partial charge in [-0.25, -0.2) is 0 Å². The summed E-state index contributed by atoms with van der Waals surface area (Å²) in [5.74, 6) is 0. The molecular weight excluding hydrogens is 603 g/mol. The van der Waals surface area contributed by atoms with E-state index in [1.165, 1.54) is 76.8 Å². The maximum atomic E-state index is 2.43. The van der Waals surface area contributed by atoms with Crippen LogP contribution in [0.25, 0.3) is 54.6 Å². The SMILES string of the molecule is c1ccc(N(c2ccccc2)c2ccc3c4c(c5ccccc5c3c2)-c2ccc3ccccc3c2C42c3ccccc3-c3ccccc32)cc1. The smallest absolute Gasteiger partial charge is 0.0737 e. The van der Waals surface area contributed by atoms with Crippen molar-refractivity contribution < 1.29 is 0 Å². The minimum absolute atomic E-state index is 0.471. The van der Waals surface area contributed by atoms with E-state index in [0.717, 1.165) is 17.1 Å². The molecule has 0 aromatic heterocycles. The van der Waals surface area contributed by atoms with Crippen LogP contribution in [-0.2, 0) is 5.41 Å². The predicted octanol–water partition coefficient (Wildman–Crippen LogP) is 13.0. The molecule has 11 rings (SSSR count). The highest BCUT2D eigenvalue weighted by molar-refractivity contribution is 6.22. The van der Waals surface area contributed by atoms with E-state index in [0.29, 0.717) is 0 Å². The molecule has 2 aliphatic carbocycles. The second kappa shape index (κ2) is 10.3. The highest BCUT2D eigenvalue weighted by Crippen LogP contribution is 2.66. The van der Waals surface area contributed by atoms with Gasteiger partial charge < -0.3 is 4.90 Å². The highest BCUT2D eigenvalue weighted by Gasteiger charge is 2.53. The van der Waals surface area contributed by atoms with Crippen molar-refractivity contribution in [2.75, 3.05) is 4.90 Å². The summed E-state index contributed by atoms with van der Waals surface area (Å²) < 4.78 is 0. The third kappa shape index (κ3) is 3.51. The summed E-state index contributed by atoms with van der Waals surface area (Å²) in [7, 11) is 0. The van der Waals surface area contributed by atoms with Crippen LogP contribution in [0.15, 0.2) is 188 Å². The fourth-order valence-electron chi connectivity index (χ4n) is 9.37. The van der Waals surface area contributed by atoms with Crippen LogP contribution in [0.2, 0.25) is 0 Å². The Morgan fingerprint density at radius 2 is 0.880 bits per heavy atom. The minimum atomic E-state index is -0.471. The lowest BCUT2D eigenvalue weighted by Gasteiger charge is -2.33. The first-order valence-electron chi connectivity index (χ1n) is 17.5. The molecule has 0 saturated heterocycles. The summed E-state index contributed by atoms with van der Waals surface area (Å²) in [6, 6.07) is 69.6. The molecule has 0 radical (unpaired) electrons. The zero-order valence-corrected chi connectivity index (χ0v) is 27.3. The van der Waals surface area contributed by atoms with Gasteiger partial charge in [-0.1, -0.05) is 152 Å². The van der Waals surface area contributed by atoms with Crippen molar-refractivity contribution in [3.05, 3.63) is 210 Å². The third-order valence-corrected chi connectivity index (χ3v) is 11.2. The number of benzene rings is 9. The van der Waals surface area contributed by atoms with Gasteiger partial charge in [0.05, 0.1) is 5.41 Å². The van der Waals surface area contributed by atoms with Crippen LogP contribution in [0.1, 0.15) is 22.3 Å². The molecule has 50 heavy (non-hydrogen) atoms. The van der Waals surface area contributed by atoms with Crippen molar-refractivity contribution in [3.63, 3.8) is 0 Å². The summed E-state index contributed by atoms with van der Waals surface area (Å²) in [5.41, 5.74) is 13.8. The maximum absolute atomic E-state index is 2.43. The fraction of sp³-hybridized carbons (Fsp3) is 0.0204. The van der Waals surface area contributed by atoms with E-state index in [9.17, 15) is 0 Å². The number of hydrogen-bond acceptors (Lipinski definition) is 1. The zero-order chi connectivity index (χ0) is 32.8. The first-order chi connectivity index (χ1) is 24.8. The molecular formula is C49H31N. The maximum Gasteiger partial charge on any atom is 0.0737 e. The van der Waals surface area contributed by atoms with E-state index in [-0.39, 0.29) is 0 Å². The molecule has 0 unspecified atom stereocenters. The second-order valence-corrected chi connectivity index (χ2v) is 13.6. The molecule has 9 aromatic carbocycles. The molecule has 0 fully saturated rings. The van der Waals surface area contributed by atoms with Gasteiger partial charge in [-0.3, -0.25) is 0 Å². The van der Waals surface area contributed by atoms with E-state index in [1.807, 2.05) is 0 Å². The molecule has 1 nitrogen and oxygen atoms in total. The van der Waals surface area contributed by atoms with Gasteiger partial charge in [0.15, 0.2) is 0 Å². The number of nitrogens with zero attached hydrogens (tertiary/aromatic N) is 1. The van der Waals surface area contributed by atoms with Crippen molar-refractivity contribution in [2.24, 2.45) is 0 Å². The normalized spacial score (nSPS) is 13.4. The van der Waals surface area contributed by atoms with Gasteiger partial charge in [-0.15, -0.1) is 0 Å². The average molecular weight is 634 g/mol. The van der Waals surface area contributed by atoms with Crippen molar-refractivity contribution in [3.8, 4) is 22.3 Å². The summed E-state index contributed by atoms with van der Waals surface area (Å²) in [6.45, 7) is 0. The number of para-hydroxylation sites is 2.